The molecule has 0 fully saturated rings. The first kappa shape index (κ1) is 13.2. The normalized spacial score (nSPS) is 10.0. The number of anilines is 4. The summed E-state index contributed by atoms with van der Waals surface area (Å²) in [6.07, 6.45) is 0. The summed E-state index contributed by atoms with van der Waals surface area (Å²) in [5.74, 6) is -0.0948. The molecule has 4 nitrogen and oxygen atoms in total. The highest BCUT2D eigenvalue weighted by Crippen LogP contribution is 2.26. The predicted molar refractivity (Wildman–Crippen MR) is 79.9 cm³/mol. The van der Waals surface area contributed by atoms with Crippen molar-refractivity contribution >= 4 is 40.3 Å². The topological polar surface area (TPSA) is 67.2 Å². The van der Waals surface area contributed by atoms with Crippen molar-refractivity contribution in [1.29, 1.82) is 0 Å². The van der Waals surface area contributed by atoms with Crippen LogP contribution in [0.25, 0.3) is 0 Å². The van der Waals surface area contributed by atoms with Gasteiger partial charge in [0.05, 0.1) is 11.4 Å². The number of nitrogens with two attached hydrogens (primary N) is 1. The van der Waals surface area contributed by atoms with Crippen LogP contribution in [0, 0.1) is 0 Å². The maximum absolute atomic E-state index is 10.9. The fourth-order valence-electron chi connectivity index (χ4n) is 1.64. The van der Waals surface area contributed by atoms with Crippen molar-refractivity contribution in [2.75, 3.05) is 16.4 Å². The van der Waals surface area contributed by atoms with E-state index in [0.29, 0.717) is 10.7 Å². The Bertz CT molecular complexity index is 596. The summed E-state index contributed by atoms with van der Waals surface area (Å²) >= 11 is 5.84. The van der Waals surface area contributed by atoms with Crippen molar-refractivity contribution in [2.24, 2.45) is 0 Å². The average molecular weight is 276 g/mol. The summed E-state index contributed by atoms with van der Waals surface area (Å²) in [6.45, 7) is 1.47. The molecular formula is C14H14ClN3O. The monoisotopic (exact) mass is 275 g/mol. The number of hydrogen-bond donors (Lipinski definition) is 3. The number of halogens is 1. The molecule has 98 valence electrons. The van der Waals surface area contributed by atoms with Crippen molar-refractivity contribution < 1.29 is 4.79 Å². The zero-order valence-corrected chi connectivity index (χ0v) is 11.2. The van der Waals surface area contributed by atoms with Crippen LogP contribution in [0.5, 0.6) is 0 Å². The fraction of sp³-hybridized carbons (Fsp3) is 0.0714. The second kappa shape index (κ2) is 5.63. The lowest BCUT2D eigenvalue weighted by Gasteiger charge is -2.10. The Morgan fingerprint density at radius 2 is 1.74 bits per heavy atom. The van der Waals surface area contributed by atoms with Gasteiger partial charge in [0.1, 0.15) is 0 Å². The van der Waals surface area contributed by atoms with Crippen molar-refractivity contribution in [1.82, 2.24) is 0 Å². The molecule has 0 aromatic heterocycles. The summed E-state index contributed by atoms with van der Waals surface area (Å²) in [7, 11) is 0. The zero-order chi connectivity index (χ0) is 13.8. The number of hydrogen-bond acceptors (Lipinski definition) is 3. The van der Waals surface area contributed by atoms with Gasteiger partial charge in [-0.05, 0) is 42.5 Å². The molecule has 0 bridgehead atoms. The van der Waals surface area contributed by atoms with Crippen LogP contribution in [0.4, 0.5) is 22.7 Å². The Kier molecular flexibility index (Phi) is 3.92. The Morgan fingerprint density at radius 1 is 1.11 bits per heavy atom. The van der Waals surface area contributed by atoms with E-state index in [4.69, 9.17) is 17.3 Å². The molecule has 0 unspecified atom stereocenters. The molecule has 0 radical (unpaired) electrons. The van der Waals surface area contributed by atoms with Crippen molar-refractivity contribution in [3.63, 3.8) is 0 Å². The largest absolute Gasteiger partial charge is 0.397 e. The van der Waals surface area contributed by atoms with Gasteiger partial charge in [0.25, 0.3) is 0 Å². The van der Waals surface area contributed by atoms with E-state index in [9.17, 15) is 4.79 Å². The number of benzene rings is 2. The van der Waals surface area contributed by atoms with Gasteiger partial charge in [-0.3, -0.25) is 4.79 Å². The van der Waals surface area contributed by atoms with Gasteiger partial charge in [0.2, 0.25) is 5.91 Å². The molecular weight excluding hydrogens is 262 g/mol. The van der Waals surface area contributed by atoms with E-state index < -0.39 is 0 Å². The second-order valence-electron chi connectivity index (χ2n) is 4.12. The highest BCUT2D eigenvalue weighted by atomic mass is 35.5. The molecule has 0 heterocycles. The lowest BCUT2D eigenvalue weighted by molar-refractivity contribution is -0.114. The molecule has 2 aromatic carbocycles. The first-order chi connectivity index (χ1) is 9.04. The van der Waals surface area contributed by atoms with Crippen LogP contribution in [-0.2, 0) is 4.79 Å². The minimum Gasteiger partial charge on any atom is -0.397 e. The summed E-state index contributed by atoms with van der Waals surface area (Å²) in [5, 5.41) is 6.49. The van der Waals surface area contributed by atoms with Crippen LogP contribution in [0.3, 0.4) is 0 Å². The fourth-order valence-corrected chi connectivity index (χ4v) is 1.82. The number of rotatable bonds is 3. The molecule has 2 rings (SSSR count). The number of carbonyl (C=O) groups excluding carboxylic acids is 1. The van der Waals surface area contributed by atoms with Gasteiger partial charge in [-0.1, -0.05) is 11.6 Å². The maximum Gasteiger partial charge on any atom is 0.221 e. The van der Waals surface area contributed by atoms with Gasteiger partial charge in [-0.2, -0.15) is 0 Å². The number of amides is 1. The van der Waals surface area contributed by atoms with Crippen LogP contribution in [-0.4, -0.2) is 5.91 Å². The summed E-state index contributed by atoms with van der Waals surface area (Å²) in [6, 6.07) is 12.6. The average Bonchev–Trinajstić information content (AvgIpc) is 2.34. The van der Waals surface area contributed by atoms with E-state index in [-0.39, 0.29) is 5.91 Å². The molecule has 0 atom stereocenters. The lowest BCUT2D eigenvalue weighted by Crippen LogP contribution is -2.05. The molecule has 1 amide bonds. The molecule has 0 spiro atoms. The third-order valence-corrected chi connectivity index (χ3v) is 2.73. The summed E-state index contributed by atoms with van der Waals surface area (Å²) in [5.41, 5.74) is 8.86. The molecule has 19 heavy (non-hydrogen) atoms. The van der Waals surface area contributed by atoms with Crippen molar-refractivity contribution in [3.8, 4) is 0 Å². The molecule has 5 heteroatoms. The van der Waals surface area contributed by atoms with Crippen molar-refractivity contribution in [3.05, 3.63) is 47.5 Å². The minimum absolute atomic E-state index is 0.0948. The van der Waals surface area contributed by atoms with Gasteiger partial charge in [0, 0.05) is 23.3 Å². The highest BCUT2D eigenvalue weighted by molar-refractivity contribution is 6.31. The third kappa shape index (κ3) is 3.63. The van der Waals surface area contributed by atoms with Crippen LogP contribution in [0.15, 0.2) is 42.5 Å². The molecule has 0 saturated carbocycles. The SMILES string of the molecule is CC(=O)Nc1ccc(Nc2ccc(Cl)cc2N)cc1. The lowest BCUT2D eigenvalue weighted by atomic mass is 10.2. The van der Waals surface area contributed by atoms with Gasteiger partial charge >= 0.3 is 0 Å². The second-order valence-corrected chi connectivity index (χ2v) is 4.55. The number of nitrogen functional groups attached to an aromatic ring is 1. The third-order valence-electron chi connectivity index (χ3n) is 2.50. The van der Waals surface area contributed by atoms with Crippen LogP contribution in [0.1, 0.15) is 6.92 Å². The van der Waals surface area contributed by atoms with Gasteiger partial charge < -0.3 is 16.4 Å². The quantitative estimate of drug-likeness (QED) is 0.750. The maximum atomic E-state index is 10.9. The molecule has 0 aliphatic rings. The molecule has 0 saturated heterocycles. The highest BCUT2D eigenvalue weighted by Gasteiger charge is 2.01. The number of nitrogens with one attached hydrogen (secondary N) is 2. The van der Waals surface area contributed by atoms with E-state index >= 15 is 0 Å². The van der Waals surface area contributed by atoms with E-state index in [0.717, 1.165) is 17.1 Å². The smallest absolute Gasteiger partial charge is 0.221 e. The predicted octanol–water partition coefficient (Wildman–Crippen LogP) is 3.62. The van der Waals surface area contributed by atoms with Gasteiger partial charge in [0.15, 0.2) is 0 Å². The van der Waals surface area contributed by atoms with Crippen LogP contribution < -0.4 is 16.4 Å². The molecule has 4 N–H and O–H groups in total. The summed E-state index contributed by atoms with van der Waals surface area (Å²) < 4.78 is 0. The van der Waals surface area contributed by atoms with Crippen molar-refractivity contribution in [2.45, 2.75) is 6.92 Å². The standard InChI is InChI=1S/C14H14ClN3O/c1-9(19)17-11-3-5-12(6-4-11)18-14-7-2-10(15)8-13(14)16/h2-8,18H,16H2,1H3,(H,17,19). The van der Waals surface area contributed by atoms with Gasteiger partial charge in [-0.15, -0.1) is 0 Å². The Hall–Kier alpha value is -2.20. The van der Waals surface area contributed by atoms with E-state index in [1.54, 1.807) is 12.1 Å². The Labute approximate surface area is 116 Å². The number of carbonyl (C=O) groups is 1. The molecule has 0 aliphatic carbocycles. The van der Waals surface area contributed by atoms with E-state index in [1.165, 1.54) is 6.92 Å². The van der Waals surface area contributed by atoms with Crippen LogP contribution >= 0.6 is 11.6 Å². The minimum atomic E-state index is -0.0948. The Morgan fingerprint density at radius 3 is 2.32 bits per heavy atom. The van der Waals surface area contributed by atoms with Gasteiger partial charge in [-0.25, -0.2) is 0 Å². The molecule has 0 aliphatic heterocycles. The van der Waals surface area contributed by atoms with E-state index in [1.807, 2.05) is 30.3 Å². The zero-order valence-electron chi connectivity index (χ0n) is 10.4. The van der Waals surface area contributed by atoms with Crippen LogP contribution in [0.2, 0.25) is 5.02 Å². The first-order valence-corrected chi connectivity index (χ1v) is 6.12. The summed E-state index contributed by atoms with van der Waals surface area (Å²) in [4.78, 5) is 10.9. The molecule has 2 aromatic rings. The first-order valence-electron chi connectivity index (χ1n) is 5.74. The Balaban J connectivity index is 2.13. The van der Waals surface area contributed by atoms with E-state index in [2.05, 4.69) is 10.6 Å².